The first kappa shape index (κ1) is 14.4. The van der Waals surface area contributed by atoms with E-state index in [1.165, 1.54) is 6.07 Å². The summed E-state index contributed by atoms with van der Waals surface area (Å²) in [6, 6.07) is 6.59. The first-order valence-corrected chi connectivity index (χ1v) is 6.94. The highest BCUT2D eigenvalue weighted by atomic mass is 19.1. The van der Waals surface area contributed by atoms with Gasteiger partial charge in [0.15, 0.2) is 0 Å². The fraction of sp³-hybridized carbons (Fsp3) is 0.250. The first-order chi connectivity index (χ1) is 10.6. The summed E-state index contributed by atoms with van der Waals surface area (Å²) in [5, 5.41) is 2.85. The number of fused-ring (bicyclic) bond motifs is 1. The van der Waals surface area contributed by atoms with Gasteiger partial charge in [-0.1, -0.05) is 12.1 Å². The Morgan fingerprint density at radius 2 is 2.23 bits per heavy atom. The molecular weight excluding hydrogens is 290 g/mol. The minimum absolute atomic E-state index is 0.140. The lowest BCUT2D eigenvalue weighted by molar-refractivity contribution is -0.121. The van der Waals surface area contributed by atoms with Crippen LogP contribution < -0.4 is 10.1 Å². The molecule has 1 aliphatic rings. The van der Waals surface area contributed by atoms with Gasteiger partial charge < -0.3 is 10.1 Å². The molecule has 1 aliphatic heterocycles. The summed E-state index contributed by atoms with van der Waals surface area (Å²) >= 11 is 0. The number of ether oxygens (including phenoxy) is 1. The fourth-order valence-corrected chi connectivity index (χ4v) is 2.45. The number of carbonyl (C=O) groups excluding carboxylic acids is 1. The lowest BCUT2D eigenvalue weighted by Gasteiger charge is -2.25. The summed E-state index contributed by atoms with van der Waals surface area (Å²) < 4.78 is 31.9. The smallest absolute Gasteiger partial charge is 0.225 e. The van der Waals surface area contributed by atoms with E-state index in [0.717, 1.165) is 17.7 Å². The number of halogens is 2. The molecule has 22 heavy (non-hydrogen) atoms. The minimum atomic E-state index is -0.718. The minimum Gasteiger partial charge on any atom is -0.477 e. The van der Waals surface area contributed by atoms with Crippen LogP contribution in [0.25, 0.3) is 0 Å². The predicted octanol–water partition coefficient (Wildman–Crippen LogP) is 2.54. The predicted molar refractivity (Wildman–Crippen MR) is 75.3 cm³/mol. The number of hydrogen-bond donors (Lipinski definition) is 1. The van der Waals surface area contributed by atoms with E-state index < -0.39 is 11.6 Å². The SMILES string of the molecule is O=C(Cc1ccc(F)cc1F)NC1CCOc2ncccc21. The monoisotopic (exact) mass is 304 g/mol. The molecule has 0 saturated heterocycles. The van der Waals surface area contributed by atoms with Crippen molar-refractivity contribution in [2.75, 3.05) is 6.61 Å². The second-order valence-corrected chi connectivity index (χ2v) is 5.07. The lowest BCUT2D eigenvalue weighted by Crippen LogP contribution is -2.33. The third kappa shape index (κ3) is 3.05. The molecule has 0 bridgehead atoms. The summed E-state index contributed by atoms with van der Waals surface area (Å²) in [5.41, 5.74) is 0.971. The van der Waals surface area contributed by atoms with Crippen molar-refractivity contribution in [3.63, 3.8) is 0 Å². The van der Waals surface area contributed by atoms with Crippen molar-refractivity contribution in [3.05, 3.63) is 59.3 Å². The van der Waals surface area contributed by atoms with Crippen LogP contribution in [0.5, 0.6) is 5.88 Å². The second-order valence-electron chi connectivity index (χ2n) is 5.07. The number of amides is 1. The van der Waals surface area contributed by atoms with Crippen LogP contribution in [0.4, 0.5) is 8.78 Å². The molecule has 0 spiro atoms. The zero-order valence-electron chi connectivity index (χ0n) is 11.7. The van der Waals surface area contributed by atoms with Crippen LogP contribution in [0, 0.1) is 11.6 Å². The van der Waals surface area contributed by atoms with E-state index in [9.17, 15) is 13.6 Å². The molecule has 1 N–H and O–H groups in total. The van der Waals surface area contributed by atoms with Gasteiger partial charge in [-0.3, -0.25) is 4.79 Å². The Labute approximate surface area is 126 Å². The quantitative estimate of drug-likeness (QED) is 0.948. The standard InChI is InChI=1S/C16H14F2N2O2/c17-11-4-3-10(13(18)9-11)8-15(21)20-14-5-7-22-16-12(14)2-1-6-19-16/h1-4,6,9,14H,5,7-8H2,(H,20,21). The van der Waals surface area contributed by atoms with E-state index in [1.54, 1.807) is 12.3 Å². The Balaban J connectivity index is 1.70. The molecule has 6 heteroatoms. The number of nitrogens with one attached hydrogen (secondary N) is 1. The number of carbonyl (C=O) groups is 1. The molecular formula is C16H14F2N2O2. The van der Waals surface area contributed by atoms with Gasteiger partial charge in [0, 0.05) is 24.2 Å². The van der Waals surface area contributed by atoms with Crippen molar-refractivity contribution in [1.82, 2.24) is 10.3 Å². The van der Waals surface area contributed by atoms with Gasteiger partial charge in [0.05, 0.1) is 19.1 Å². The van der Waals surface area contributed by atoms with Gasteiger partial charge in [-0.15, -0.1) is 0 Å². The van der Waals surface area contributed by atoms with Crippen LogP contribution in [-0.2, 0) is 11.2 Å². The van der Waals surface area contributed by atoms with E-state index in [4.69, 9.17) is 4.74 Å². The summed E-state index contributed by atoms with van der Waals surface area (Å²) in [4.78, 5) is 16.2. The van der Waals surface area contributed by atoms with Crippen molar-refractivity contribution in [2.45, 2.75) is 18.9 Å². The number of hydrogen-bond acceptors (Lipinski definition) is 3. The summed E-state index contributed by atoms with van der Waals surface area (Å²) in [6.07, 6.45) is 2.10. The van der Waals surface area contributed by atoms with Crippen LogP contribution in [0.3, 0.4) is 0 Å². The number of pyridine rings is 1. The lowest BCUT2D eigenvalue weighted by atomic mass is 10.0. The molecule has 1 aromatic carbocycles. The Kier molecular flexibility index (Phi) is 4.00. The Morgan fingerprint density at radius 3 is 3.05 bits per heavy atom. The zero-order valence-corrected chi connectivity index (χ0v) is 11.7. The zero-order chi connectivity index (χ0) is 15.5. The van der Waals surface area contributed by atoms with Crippen molar-refractivity contribution in [2.24, 2.45) is 0 Å². The number of rotatable bonds is 3. The fourth-order valence-electron chi connectivity index (χ4n) is 2.45. The Bertz CT molecular complexity index is 706. The average molecular weight is 304 g/mol. The highest BCUT2D eigenvalue weighted by Crippen LogP contribution is 2.29. The molecule has 1 atom stereocenters. The first-order valence-electron chi connectivity index (χ1n) is 6.94. The summed E-state index contributed by atoms with van der Waals surface area (Å²) in [5.74, 6) is -1.20. The van der Waals surface area contributed by atoms with Crippen LogP contribution in [0.15, 0.2) is 36.5 Å². The molecule has 1 unspecified atom stereocenters. The van der Waals surface area contributed by atoms with Gasteiger partial charge >= 0.3 is 0 Å². The maximum absolute atomic E-state index is 13.6. The topological polar surface area (TPSA) is 51.2 Å². The van der Waals surface area contributed by atoms with Crippen LogP contribution in [-0.4, -0.2) is 17.5 Å². The van der Waals surface area contributed by atoms with Gasteiger partial charge in [-0.05, 0) is 17.7 Å². The number of aromatic nitrogens is 1. The molecule has 114 valence electrons. The third-order valence-electron chi connectivity index (χ3n) is 3.52. The summed E-state index contributed by atoms with van der Waals surface area (Å²) in [6.45, 7) is 0.458. The van der Waals surface area contributed by atoms with Crippen molar-refractivity contribution < 1.29 is 18.3 Å². The van der Waals surface area contributed by atoms with Crippen molar-refractivity contribution >= 4 is 5.91 Å². The van der Waals surface area contributed by atoms with Crippen molar-refractivity contribution in [1.29, 1.82) is 0 Å². The summed E-state index contributed by atoms with van der Waals surface area (Å²) in [7, 11) is 0. The Morgan fingerprint density at radius 1 is 1.36 bits per heavy atom. The number of benzene rings is 1. The molecule has 3 rings (SSSR count). The van der Waals surface area contributed by atoms with E-state index in [0.29, 0.717) is 18.9 Å². The third-order valence-corrected chi connectivity index (χ3v) is 3.52. The highest BCUT2D eigenvalue weighted by Gasteiger charge is 2.24. The normalized spacial score (nSPS) is 16.5. The maximum atomic E-state index is 13.6. The second kappa shape index (κ2) is 6.09. The molecule has 2 aromatic rings. The van der Waals surface area contributed by atoms with Crippen molar-refractivity contribution in [3.8, 4) is 5.88 Å². The van der Waals surface area contributed by atoms with Crippen LogP contribution >= 0.6 is 0 Å². The molecule has 0 fully saturated rings. The van der Waals surface area contributed by atoms with Gasteiger partial charge in [-0.25, -0.2) is 13.8 Å². The largest absolute Gasteiger partial charge is 0.477 e. The van der Waals surface area contributed by atoms with Gasteiger partial charge in [0.2, 0.25) is 11.8 Å². The average Bonchev–Trinajstić information content (AvgIpc) is 2.50. The molecule has 2 heterocycles. The molecule has 0 aliphatic carbocycles. The van der Waals surface area contributed by atoms with E-state index in [-0.39, 0.29) is 23.9 Å². The van der Waals surface area contributed by atoms with Gasteiger partial charge in [0.25, 0.3) is 0 Å². The van der Waals surface area contributed by atoms with Crippen LogP contribution in [0.1, 0.15) is 23.6 Å². The van der Waals surface area contributed by atoms with E-state index >= 15 is 0 Å². The molecule has 4 nitrogen and oxygen atoms in total. The van der Waals surface area contributed by atoms with Gasteiger partial charge in [-0.2, -0.15) is 0 Å². The van der Waals surface area contributed by atoms with Crippen LogP contribution in [0.2, 0.25) is 0 Å². The molecule has 0 saturated carbocycles. The molecule has 1 aromatic heterocycles. The molecule has 1 amide bonds. The Hall–Kier alpha value is -2.50. The molecule has 0 radical (unpaired) electrons. The highest BCUT2D eigenvalue weighted by molar-refractivity contribution is 5.79. The van der Waals surface area contributed by atoms with Gasteiger partial charge in [0.1, 0.15) is 11.6 Å². The van der Waals surface area contributed by atoms with E-state index in [1.807, 2.05) is 6.07 Å². The number of nitrogens with zero attached hydrogens (tertiary/aromatic N) is 1. The maximum Gasteiger partial charge on any atom is 0.225 e. The van der Waals surface area contributed by atoms with E-state index in [2.05, 4.69) is 10.3 Å².